The Labute approximate surface area is 87.2 Å². The summed E-state index contributed by atoms with van der Waals surface area (Å²) in [6.07, 6.45) is 11.5. The zero-order valence-electron chi connectivity index (χ0n) is 8.97. The Morgan fingerprint density at radius 3 is 2.71 bits per heavy atom. The Bertz CT molecular complexity index is 185. The summed E-state index contributed by atoms with van der Waals surface area (Å²) in [7, 11) is 0. The second-order valence-corrected chi connectivity index (χ2v) is 4.53. The van der Waals surface area contributed by atoms with Crippen molar-refractivity contribution in [3.63, 3.8) is 0 Å². The van der Waals surface area contributed by atoms with E-state index in [9.17, 15) is 0 Å². The van der Waals surface area contributed by atoms with E-state index >= 15 is 0 Å². The first-order valence-corrected chi connectivity index (χ1v) is 6.06. The largest absolute Gasteiger partial charge is 0.315 e. The Balaban J connectivity index is 1.37. The molecule has 0 heterocycles. The average Bonchev–Trinajstić information content (AvgIpc) is 2.87. The summed E-state index contributed by atoms with van der Waals surface area (Å²) < 4.78 is 0. The van der Waals surface area contributed by atoms with Crippen LogP contribution in [0.1, 0.15) is 32.1 Å². The smallest absolute Gasteiger partial charge is 0.00793 e. The van der Waals surface area contributed by atoms with E-state index in [4.69, 9.17) is 0 Å². The lowest BCUT2D eigenvalue weighted by Gasteiger charge is -2.08. The van der Waals surface area contributed by atoms with Gasteiger partial charge < -0.3 is 10.6 Å². The van der Waals surface area contributed by atoms with Crippen LogP contribution < -0.4 is 10.6 Å². The molecule has 2 heteroatoms. The van der Waals surface area contributed by atoms with Crippen LogP contribution in [-0.4, -0.2) is 25.7 Å². The fourth-order valence-corrected chi connectivity index (χ4v) is 2.00. The van der Waals surface area contributed by atoms with Gasteiger partial charge in [0.1, 0.15) is 0 Å². The van der Waals surface area contributed by atoms with Gasteiger partial charge in [-0.2, -0.15) is 0 Å². The molecule has 0 amide bonds. The van der Waals surface area contributed by atoms with E-state index in [1.54, 1.807) is 0 Å². The standard InChI is InChI=1S/C12H22N2/c1-2-4-11(3-1)7-8-13-9-10-14-12-5-6-12/h1,3,11-14H,2,4-10H2. The molecule has 2 aliphatic carbocycles. The third-order valence-corrected chi connectivity index (χ3v) is 3.12. The maximum absolute atomic E-state index is 3.51. The van der Waals surface area contributed by atoms with Crippen LogP contribution in [0.15, 0.2) is 12.2 Å². The van der Waals surface area contributed by atoms with Gasteiger partial charge in [0.15, 0.2) is 0 Å². The van der Waals surface area contributed by atoms with Gasteiger partial charge in [0.2, 0.25) is 0 Å². The fraction of sp³-hybridized carbons (Fsp3) is 0.833. The third-order valence-electron chi connectivity index (χ3n) is 3.12. The second-order valence-electron chi connectivity index (χ2n) is 4.53. The lowest BCUT2D eigenvalue weighted by atomic mass is 10.1. The summed E-state index contributed by atoms with van der Waals surface area (Å²) in [5, 5.41) is 7.01. The first-order chi connectivity index (χ1) is 6.95. The zero-order chi connectivity index (χ0) is 9.64. The predicted molar refractivity (Wildman–Crippen MR) is 60.4 cm³/mol. The van der Waals surface area contributed by atoms with Crippen molar-refractivity contribution >= 4 is 0 Å². The highest BCUT2D eigenvalue weighted by molar-refractivity contribution is 4.96. The molecule has 0 aromatic carbocycles. The van der Waals surface area contributed by atoms with Crippen molar-refractivity contribution in [2.45, 2.75) is 38.1 Å². The molecule has 14 heavy (non-hydrogen) atoms. The molecule has 2 aliphatic rings. The zero-order valence-corrected chi connectivity index (χ0v) is 8.97. The van der Waals surface area contributed by atoms with Gasteiger partial charge in [-0.05, 0) is 44.6 Å². The molecule has 2 nitrogen and oxygen atoms in total. The van der Waals surface area contributed by atoms with Crippen LogP contribution in [0.25, 0.3) is 0 Å². The van der Waals surface area contributed by atoms with Crippen LogP contribution in [0.3, 0.4) is 0 Å². The number of rotatable bonds is 7. The van der Waals surface area contributed by atoms with Crippen LogP contribution in [0.4, 0.5) is 0 Å². The van der Waals surface area contributed by atoms with Crippen molar-refractivity contribution in [1.82, 2.24) is 10.6 Å². The molecule has 0 aromatic rings. The lowest BCUT2D eigenvalue weighted by molar-refractivity contribution is 0.525. The van der Waals surface area contributed by atoms with E-state index in [-0.39, 0.29) is 0 Å². The highest BCUT2D eigenvalue weighted by atomic mass is 15.0. The van der Waals surface area contributed by atoms with Crippen molar-refractivity contribution in [2.75, 3.05) is 19.6 Å². The summed E-state index contributed by atoms with van der Waals surface area (Å²) >= 11 is 0. The first-order valence-electron chi connectivity index (χ1n) is 6.06. The van der Waals surface area contributed by atoms with E-state index < -0.39 is 0 Å². The molecule has 2 N–H and O–H groups in total. The first kappa shape index (κ1) is 10.2. The molecule has 0 radical (unpaired) electrons. The number of hydrogen-bond acceptors (Lipinski definition) is 2. The molecular weight excluding hydrogens is 172 g/mol. The van der Waals surface area contributed by atoms with Crippen molar-refractivity contribution < 1.29 is 0 Å². The summed E-state index contributed by atoms with van der Waals surface area (Å²) in [6, 6.07) is 0.856. The Hall–Kier alpha value is -0.340. The molecule has 80 valence electrons. The van der Waals surface area contributed by atoms with Crippen LogP contribution in [-0.2, 0) is 0 Å². The van der Waals surface area contributed by atoms with Gasteiger partial charge in [-0.15, -0.1) is 0 Å². The Kier molecular flexibility index (Phi) is 4.02. The number of nitrogens with one attached hydrogen (secondary N) is 2. The normalized spacial score (nSPS) is 25.9. The van der Waals surface area contributed by atoms with Crippen molar-refractivity contribution in [3.8, 4) is 0 Å². The fourth-order valence-electron chi connectivity index (χ4n) is 2.00. The third kappa shape index (κ3) is 3.81. The average molecular weight is 194 g/mol. The predicted octanol–water partition coefficient (Wildman–Crippen LogP) is 1.68. The van der Waals surface area contributed by atoms with Gasteiger partial charge in [-0.1, -0.05) is 12.2 Å². The molecule has 2 rings (SSSR count). The van der Waals surface area contributed by atoms with Crippen molar-refractivity contribution in [3.05, 3.63) is 12.2 Å². The molecular formula is C12H22N2. The van der Waals surface area contributed by atoms with Crippen LogP contribution in [0.5, 0.6) is 0 Å². The maximum atomic E-state index is 3.51. The van der Waals surface area contributed by atoms with Gasteiger partial charge in [0, 0.05) is 19.1 Å². The molecule has 0 saturated heterocycles. The summed E-state index contributed by atoms with van der Waals surface area (Å²) in [6.45, 7) is 3.46. The second kappa shape index (κ2) is 5.52. The number of hydrogen-bond donors (Lipinski definition) is 2. The topological polar surface area (TPSA) is 24.1 Å². The quantitative estimate of drug-likeness (QED) is 0.476. The van der Waals surface area contributed by atoms with E-state index in [1.807, 2.05) is 0 Å². The maximum Gasteiger partial charge on any atom is 0.00793 e. The minimum absolute atomic E-state index is 0.856. The van der Waals surface area contributed by atoms with Gasteiger partial charge >= 0.3 is 0 Å². The van der Waals surface area contributed by atoms with E-state index in [1.165, 1.54) is 38.6 Å². The van der Waals surface area contributed by atoms with Gasteiger partial charge in [-0.3, -0.25) is 0 Å². The summed E-state index contributed by atoms with van der Waals surface area (Å²) in [5.74, 6) is 0.860. The minimum Gasteiger partial charge on any atom is -0.315 e. The molecule has 1 saturated carbocycles. The molecule has 1 atom stereocenters. The van der Waals surface area contributed by atoms with Gasteiger partial charge in [0.05, 0.1) is 0 Å². The molecule has 1 unspecified atom stereocenters. The number of allylic oxidation sites excluding steroid dienone is 2. The Morgan fingerprint density at radius 1 is 1.07 bits per heavy atom. The van der Waals surface area contributed by atoms with Crippen LogP contribution in [0.2, 0.25) is 0 Å². The Morgan fingerprint density at radius 2 is 2.00 bits per heavy atom. The highest BCUT2D eigenvalue weighted by Crippen LogP contribution is 2.19. The summed E-state index contributed by atoms with van der Waals surface area (Å²) in [4.78, 5) is 0. The molecule has 1 fully saturated rings. The van der Waals surface area contributed by atoms with Crippen molar-refractivity contribution in [2.24, 2.45) is 5.92 Å². The van der Waals surface area contributed by atoms with Crippen LogP contribution >= 0.6 is 0 Å². The molecule has 0 aliphatic heterocycles. The molecule has 0 bridgehead atoms. The molecule has 0 spiro atoms. The van der Waals surface area contributed by atoms with E-state index in [2.05, 4.69) is 22.8 Å². The lowest BCUT2D eigenvalue weighted by Crippen LogP contribution is -2.29. The van der Waals surface area contributed by atoms with Gasteiger partial charge in [-0.25, -0.2) is 0 Å². The highest BCUT2D eigenvalue weighted by Gasteiger charge is 2.19. The minimum atomic E-state index is 0.856. The van der Waals surface area contributed by atoms with Gasteiger partial charge in [0.25, 0.3) is 0 Å². The van der Waals surface area contributed by atoms with E-state index in [0.29, 0.717) is 0 Å². The monoisotopic (exact) mass is 194 g/mol. The molecule has 0 aromatic heterocycles. The van der Waals surface area contributed by atoms with Crippen LogP contribution in [0, 0.1) is 5.92 Å². The van der Waals surface area contributed by atoms with Crippen molar-refractivity contribution in [1.29, 1.82) is 0 Å². The van der Waals surface area contributed by atoms with E-state index in [0.717, 1.165) is 25.0 Å². The summed E-state index contributed by atoms with van der Waals surface area (Å²) in [5.41, 5.74) is 0. The SMILES string of the molecule is C1=CC(CCNCCNC2CC2)CC1.